The van der Waals surface area contributed by atoms with E-state index in [1.165, 1.54) is 0 Å². The Morgan fingerprint density at radius 3 is 2.15 bits per heavy atom. The lowest BCUT2D eigenvalue weighted by Gasteiger charge is -2.14. The normalized spacial score (nSPS) is 11.3. The van der Waals surface area contributed by atoms with E-state index in [1.807, 2.05) is 44.2 Å². The highest BCUT2D eigenvalue weighted by molar-refractivity contribution is 5.81. The van der Waals surface area contributed by atoms with Crippen molar-refractivity contribution in [1.29, 1.82) is 0 Å². The number of hydrogen-bond acceptors (Lipinski definition) is 5. The third-order valence-electron chi connectivity index (χ3n) is 3.53. The molecule has 6 nitrogen and oxygen atoms in total. The van der Waals surface area contributed by atoms with Crippen molar-refractivity contribution in [3.8, 4) is 11.5 Å². The number of ether oxygens (including phenoxy) is 3. The lowest BCUT2D eigenvalue weighted by atomic mass is 10.1. The fraction of sp³-hybridized carbons (Fsp3) is 0.300. The van der Waals surface area contributed by atoms with E-state index >= 15 is 0 Å². The van der Waals surface area contributed by atoms with Gasteiger partial charge >= 0.3 is 5.97 Å². The van der Waals surface area contributed by atoms with Crippen molar-refractivity contribution in [3.05, 3.63) is 60.2 Å². The highest BCUT2D eigenvalue weighted by Crippen LogP contribution is 2.17. The molecular weight excluding hydrogens is 334 g/mol. The van der Waals surface area contributed by atoms with Gasteiger partial charge in [-0.25, -0.2) is 4.79 Å². The molecule has 0 saturated heterocycles. The number of amides is 1. The number of benzene rings is 2. The fourth-order valence-corrected chi connectivity index (χ4v) is 2.24. The predicted molar refractivity (Wildman–Crippen MR) is 97.1 cm³/mol. The molecule has 0 bridgehead atoms. The summed E-state index contributed by atoms with van der Waals surface area (Å²) in [7, 11) is 0. The molecule has 0 aliphatic rings. The van der Waals surface area contributed by atoms with Crippen molar-refractivity contribution in [1.82, 2.24) is 5.32 Å². The Balaban J connectivity index is 1.68. The third kappa shape index (κ3) is 6.47. The summed E-state index contributed by atoms with van der Waals surface area (Å²) < 4.78 is 15.6. The molecule has 26 heavy (non-hydrogen) atoms. The summed E-state index contributed by atoms with van der Waals surface area (Å²) in [5.74, 6) is 0.274. The van der Waals surface area contributed by atoms with Crippen LogP contribution in [0.1, 0.15) is 25.5 Å². The first-order chi connectivity index (χ1) is 12.6. The van der Waals surface area contributed by atoms with Gasteiger partial charge in [0, 0.05) is 0 Å². The Hall–Kier alpha value is -3.02. The summed E-state index contributed by atoms with van der Waals surface area (Å²) in [5, 5.41) is 2.77. The van der Waals surface area contributed by atoms with Crippen LogP contribution in [0.3, 0.4) is 0 Å². The van der Waals surface area contributed by atoms with Gasteiger partial charge in [0.1, 0.15) is 11.5 Å². The molecule has 0 heterocycles. The van der Waals surface area contributed by atoms with Gasteiger partial charge in [0.05, 0.1) is 12.6 Å². The zero-order valence-corrected chi connectivity index (χ0v) is 14.9. The number of esters is 1. The quantitative estimate of drug-likeness (QED) is 0.699. The second-order valence-electron chi connectivity index (χ2n) is 5.55. The van der Waals surface area contributed by atoms with Crippen LogP contribution >= 0.6 is 0 Å². The Morgan fingerprint density at radius 1 is 0.923 bits per heavy atom. The topological polar surface area (TPSA) is 73.9 Å². The van der Waals surface area contributed by atoms with Gasteiger partial charge in [-0.1, -0.05) is 30.3 Å². The first-order valence-electron chi connectivity index (χ1n) is 8.44. The fourth-order valence-electron chi connectivity index (χ4n) is 2.24. The summed E-state index contributed by atoms with van der Waals surface area (Å²) >= 11 is 0. The van der Waals surface area contributed by atoms with Crippen molar-refractivity contribution in [3.63, 3.8) is 0 Å². The van der Waals surface area contributed by atoms with Crippen LogP contribution in [0.25, 0.3) is 0 Å². The molecule has 0 unspecified atom stereocenters. The van der Waals surface area contributed by atoms with Crippen LogP contribution < -0.4 is 14.8 Å². The lowest BCUT2D eigenvalue weighted by Crippen LogP contribution is -2.31. The van der Waals surface area contributed by atoms with E-state index < -0.39 is 5.97 Å². The molecule has 2 aromatic carbocycles. The lowest BCUT2D eigenvalue weighted by molar-refractivity contribution is -0.150. The highest BCUT2D eigenvalue weighted by Gasteiger charge is 2.12. The number of nitrogens with one attached hydrogen (secondary N) is 1. The van der Waals surface area contributed by atoms with Gasteiger partial charge in [0.2, 0.25) is 0 Å². The summed E-state index contributed by atoms with van der Waals surface area (Å²) in [6.45, 7) is 3.73. The monoisotopic (exact) mass is 357 g/mol. The average Bonchev–Trinajstić information content (AvgIpc) is 2.66. The molecule has 0 aromatic heterocycles. The zero-order valence-electron chi connectivity index (χ0n) is 14.9. The van der Waals surface area contributed by atoms with Gasteiger partial charge in [-0.3, -0.25) is 4.79 Å². The van der Waals surface area contributed by atoms with E-state index in [0.717, 1.165) is 11.3 Å². The summed E-state index contributed by atoms with van der Waals surface area (Å²) in [5.41, 5.74) is 0.978. The first kappa shape index (κ1) is 19.3. The van der Waals surface area contributed by atoms with E-state index in [2.05, 4.69) is 5.32 Å². The molecule has 0 fully saturated rings. The molecule has 0 saturated carbocycles. The highest BCUT2D eigenvalue weighted by atomic mass is 16.6. The molecule has 0 aliphatic carbocycles. The molecular formula is C20H23NO5. The minimum atomic E-state index is -0.610. The Kier molecular flexibility index (Phi) is 7.49. The van der Waals surface area contributed by atoms with E-state index in [-0.39, 0.29) is 25.2 Å². The maximum atomic E-state index is 11.9. The molecule has 1 N–H and O–H groups in total. The average molecular weight is 357 g/mol. The van der Waals surface area contributed by atoms with Crippen LogP contribution in [0.15, 0.2) is 54.6 Å². The van der Waals surface area contributed by atoms with Crippen LogP contribution in [-0.4, -0.2) is 31.7 Å². The Bertz CT molecular complexity index is 700. The molecule has 2 rings (SSSR count). The maximum absolute atomic E-state index is 11.9. The molecule has 1 atom stereocenters. The summed E-state index contributed by atoms with van der Waals surface area (Å²) in [4.78, 5) is 23.6. The smallest absolute Gasteiger partial charge is 0.344 e. The second kappa shape index (κ2) is 10.1. The number of carbonyl (C=O) groups excluding carboxylic acids is 2. The molecule has 0 radical (unpaired) electrons. The summed E-state index contributed by atoms with van der Waals surface area (Å²) in [6, 6.07) is 16.3. The van der Waals surface area contributed by atoms with Gasteiger partial charge in [-0.05, 0) is 43.7 Å². The molecule has 0 spiro atoms. The maximum Gasteiger partial charge on any atom is 0.344 e. The van der Waals surface area contributed by atoms with Gasteiger partial charge in [-0.15, -0.1) is 0 Å². The van der Waals surface area contributed by atoms with Crippen molar-refractivity contribution < 1.29 is 23.8 Å². The summed E-state index contributed by atoms with van der Waals surface area (Å²) in [6.07, 6.45) is 0. The van der Waals surface area contributed by atoms with Crippen LogP contribution in [0, 0.1) is 0 Å². The van der Waals surface area contributed by atoms with Crippen molar-refractivity contribution in [2.75, 3.05) is 19.8 Å². The van der Waals surface area contributed by atoms with Crippen LogP contribution in [0.2, 0.25) is 0 Å². The number of rotatable bonds is 9. The Morgan fingerprint density at radius 2 is 1.54 bits per heavy atom. The number of hydrogen-bond donors (Lipinski definition) is 1. The van der Waals surface area contributed by atoms with E-state index in [9.17, 15) is 9.59 Å². The zero-order chi connectivity index (χ0) is 18.8. The molecule has 0 aliphatic heterocycles. The largest absolute Gasteiger partial charge is 0.494 e. The van der Waals surface area contributed by atoms with E-state index in [4.69, 9.17) is 14.2 Å². The van der Waals surface area contributed by atoms with Crippen LogP contribution in [0.4, 0.5) is 0 Å². The van der Waals surface area contributed by atoms with E-state index in [1.54, 1.807) is 24.3 Å². The van der Waals surface area contributed by atoms with E-state index in [0.29, 0.717) is 12.4 Å². The molecule has 6 heteroatoms. The second-order valence-corrected chi connectivity index (χ2v) is 5.55. The molecule has 138 valence electrons. The van der Waals surface area contributed by atoms with Gasteiger partial charge in [0.25, 0.3) is 5.91 Å². The van der Waals surface area contributed by atoms with Crippen LogP contribution in [0.5, 0.6) is 11.5 Å². The third-order valence-corrected chi connectivity index (χ3v) is 3.53. The van der Waals surface area contributed by atoms with Gasteiger partial charge in [0.15, 0.2) is 13.2 Å². The minimum absolute atomic E-state index is 0.164. The van der Waals surface area contributed by atoms with Crippen molar-refractivity contribution >= 4 is 11.9 Å². The number of carbonyl (C=O) groups is 2. The van der Waals surface area contributed by atoms with Gasteiger partial charge in [-0.2, -0.15) is 0 Å². The van der Waals surface area contributed by atoms with Crippen molar-refractivity contribution in [2.24, 2.45) is 0 Å². The minimum Gasteiger partial charge on any atom is -0.494 e. The Labute approximate surface area is 153 Å². The van der Waals surface area contributed by atoms with Gasteiger partial charge < -0.3 is 19.5 Å². The SMILES string of the molecule is CCOc1ccc(OCC(=O)OCC(=O)N[C@H](C)c2ccccc2)cc1. The molecule has 1 amide bonds. The first-order valence-corrected chi connectivity index (χ1v) is 8.44. The predicted octanol–water partition coefficient (Wildman–Crippen LogP) is 2.88. The van der Waals surface area contributed by atoms with Crippen molar-refractivity contribution in [2.45, 2.75) is 19.9 Å². The molecule has 2 aromatic rings. The standard InChI is InChI=1S/C20H23NO5/c1-3-24-17-9-11-18(12-10-17)25-14-20(23)26-13-19(22)21-15(2)16-7-5-4-6-8-16/h4-12,15H,3,13-14H2,1-2H3,(H,21,22)/t15-/m1/s1. The van der Waals surface area contributed by atoms with Crippen LogP contribution in [-0.2, 0) is 14.3 Å².